The Morgan fingerprint density at radius 2 is 2.10 bits per heavy atom. The van der Waals surface area contributed by atoms with Crippen LogP contribution in [0, 0.1) is 11.8 Å². The summed E-state index contributed by atoms with van der Waals surface area (Å²) in [6.45, 7) is 8.21. The second-order valence-electron chi connectivity index (χ2n) is 6.03. The summed E-state index contributed by atoms with van der Waals surface area (Å²) in [5, 5.41) is 3.38. The number of ether oxygens (including phenoxy) is 1. The summed E-state index contributed by atoms with van der Waals surface area (Å²) in [5.41, 5.74) is 1.19. The highest BCUT2D eigenvalue weighted by Gasteiger charge is 2.18. The molecule has 0 radical (unpaired) electrons. The van der Waals surface area contributed by atoms with E-state index in [2.05, 4.69) is 49.3 Å². The van der Waals surface area contributed by atoms with Crippen molar-refractivity contribution >= 4 is 0 Å². The normalized spacial score (nSPS) is 22.2. The van der Waals surface area contributed by atoms with E-state index in [0.717, 1.165) is 25.5 Å². The van der Waals surface area contributed by atoms with E-state index in [-0.39, 0.29) is 0 Å². The van der Waals surface area contributed by atoms with Gasteiger partial charge in [-0.05, 0) is 30.2 Å². The van der Waals surface area contributed by atoms with Crippen LogP contribution >= 0.6 is 0 Å². The predicted molar refractivity (Wildman–Crippen MR) is 82.7 cm³/mol. The molecule has 1 aromatic heterocycles. The third-order valence-corrected chi connectivity index (χ3v) is 3.88. The van der Waals surface area contributed by atoms with Crippen molar-refractivity contribution in [1.82, 2.24) is 10.3 Å². The van der Waals surface area contributed by atoms with Gasteiger partial charge in [0.05, 0.1) is 6.61 Å². The minimum atomic E-state index is 0.492. The molecule has 0 fully saturated rings. The molecule has 2 unspecified atom stereocenters. The van der Waals surface area contributed by atoms with Gasteiger partial charge in [-0.2, -0.15) is 0 Å². The second kappa shape index (κ2) is 7.44. The summed E-state index contributed by atoms with van der Waals surface area (Å²) in [6.07, 6.45) is 8.73. The van der Waals surface area contributed by atoms with Crippen LogP contribution in [-0.2, 0) is 6.54 Å². The highest BCUT2D eigenvalue weighted by molar-refractivity contribution is 5.17. The molecule has 1 aromatic rings. The zero-order chi connectivity index (χ0) is 14.4. The van der Waals surface area contributed by atoms with Crippen molar-refractivity contribution in [2.75, 3.05) is 6.61 Å². The molecule has 3 nitrogen and oxygen atoms in total. The molecule has 1 heterocycles. The fraction of sp³-hybridized carbons (Fsp3) is 0.588. The SMILES string of the molecule is CC(C)NCc1ccc(OCC2CC=CCC2C)nc1. The lowest BCUT2D eigenvalue weighted by Crippen LogP contribution is -2.22. The van der Waals surface area contributed by atoms with Crippen LogP contribution in [0.2, 0.25) is 0 Å². The Labute approximate surface area is 122 Å². The Morgan fingerprint density at radius 3 is 2.75 bits per heavy atom. The van der Waals surface area contributed by atoms with Crippen molar-refractivity contribution in [2.45, 2.75) is 46.2 Å². The number of aromatic nitrogens is 1. The zero-order valence-electron chi connectivity index (χ0n) is 12.8. The maximum Gasteiger partial charge on any atom is 0.213 e. The molecule has 0 aromatic carbocycles. The Bertz CT molecular complexity index is 425. The smallest absolute Gasteiger partial charge is 0.213 e. The van der Waals surface area contributed by atoms with Crippen molar-refractivity contribution in [3.05, 3.63) is 36.0 Å². The van der Waals surface area contributed by atoms with E-state index >= 15 is 0 Å². The van der Waals surface area contributed by atoms with Gasteiger partial charge < -0.3 is 10.1 Å². The monoisotopic (exact) mass is 274 g/mol. The molecule has 3 heteroatoms. The fourth-order valence-corrected chi connectivity index (χ4v) is 2.35. The molecule has 110 valence electrons. The third-order valence-electron chi connectivity index (χ3n) is 3.88. The Hall–Kier alpha value is -1.35. The van der Waals surface area contributed by atoms with Gasteiger partial charge in [0, 0.05) is 24.8 Å². The first-order chi connectivity index (χ1) is 9.65. The van der Waals surface area contributed by atoms with Gasteiger partial charge >= 0.3 is 0 Å². The standard InChI is InChI=1S/C17H26N2O/c1-13(2)18-10-15-8-9-17(19-11-15)20-12-16-7-5-4-6-14(16)3/h4-5,8-9,11,13-14,16,18H,6-7,10,12H2,1-3H3. The number of hydrogen-bond donors (Lipinski definition) is 1. The average Bonchev–Trinajstić information content (AvgIpc) is 2.45. The molecular weight excluding hydrogens is 248 g/mol. The van der Waals surface area contributed by atoms with Gasteiger partial charge in [0.2, 0.25) is 5.88 Å². The van der Waals surface area contributed by atoms with Gasteiger partial charge in [0.25, 0.3) is 0 Å². The number of rotatable bonds is 6. The highest BCUT2D eigenvalue weighted by atomic mass is 16.5. The maximum absolute atomic E-state index is 5.83. The van der Waals surface area contributed by atoms with Crippen molar-refractivity contribution in [3.63, 3.8) is 0 Å². The van der Waals surface area contributed by atoms with E-state index in [9.17, 15) is 0 Å². The fourth-order valence-electron chi connectivity index (χ4n) is 2.35. The van der Waals surface area contributed by atoms with Crippen LogP contribution in [0.1, 0.15) is 39.2 Å². The van der Waals surface area contributed by atoms with Crippen LogP contribution in [0.3, 0.4) is 0 Å². The van der Waals surface area contributed by atoms with E-state index in [1.165, 1.54) is 12.0 Å². The summed E-state index contributed by atoms with van der Waals surface area (Å²) >= 11 is 0. The number of allylic oxidation sites excluding steroid dienone is 2. The highest BCUT2D eigenvalue weighted by Crippen LogP contribution is 2.25. The minimum absolute atomic E-state index is 0.492. The lowest BCUT2D eigenvalue weighted by Gasteiger charge is -2.24. The molecule has 0 aliphatic heterocycles. The summed E-state index contributed by atoms with van der Waals surface area (Å²) in [4.78, 5) is 4.39. The van der Waals surface area contributed by atoms with Gasteiger partial charge in [-0.3, -0.25) is 0 Å². The van der Waals surface area contributed by atoms with Crippen molar-refractivity contribution in [1.29, 1.82) is 0 Å². The summed E-state index contributed by atoms with van der Waals surface area (Å²) in [7, 11) is 0. The number of nitrogens with one attached hydrogen (secondary N) is 1. The first kappa shape index (κ1) is 15.0. The first-order valence-corrected chi connectivity index (χ1v) is 7.61. The lowest BCUT2D eigenvalue weighted by molar-refractivity contribution is 0.192. The Kier molecular flexibility index (Phi) is 5.60. The van der Waals surface area contributed by atoms with Gasteiger partial charge in [0.1, 0.15) is 0 Å². The van der Waals surface area contributed by atoms with E-state index in [0.29, 0.717) is 17.9 Å². The van der Waals surface area contributed by atoms with Crippen LogP contribution < -0.4 is 10.1 Å². The van der Waals surface area contributed by atoms with E-state index < -0.39 is 0 Å². The molecule has 0 saturated carbocycles. The number of pyridine rings is 1. The lowest BCUT2D eigenvalue weighted by atomic mass is 9.85. The van der Waals surface area contributed by atoms with Crippen LogP contribution in [0.5, 0.6) is 5.88 Å². The average molecular weight is 274 g/mol. The van der Waals surface area contributed by atoms with Gasteiger partial charge in [-0.1, -0.05) is 39.0 Å². The molecular formula is C17H26N2O. The summed E-state index contributed by atoms with van der Waals surface area (Å²) < 4.78 is 5.83. The van der Waals surface area contributed by atoms with Crippen LogP contribution in [0.15, 0.2) is 30.5 Å². The summed E-state index contributed by atoms with van der Waals surface area (Å²) in [5.74, 6) is 2.05. The van der Waals surface area contributed by atoms with E-state index in [1.54, 1.807) is 0 Å². The van der Waals surface area contributed by atoms with E-state index in [1.807, 2.05) is 12.3 Å². The molecule has 1 N–H and O–H groups in total. The van der Waals surface area contributed by atoms with Crippen molar-refractivity contribution in [3.8, 4) is 5.88 Å². The van der Waals surface area contributed by atoms with Crippen LogP contribution in [0.4, 0.5) is 0 Å². The molecule has 1 aliphatic rings. The minimum Gasteiger partial charge on any atom is -0.477 e. The predicted octanol–water partition coefficient (Wildman–Crippen LogP) is 3.56. The molecule has 1 aliphatic carbocycles. The van der Waals surface area contributed by atoms with Crippen molar-refractivity contribution < 1.29 is 4.74 Å². The first-order valence-electron chi connectivity index (χ1n) is 7.61. The maximum atomic E-state index is 5.83. The largest absolute Gasteiger partial charge is 0.477 e. The number of hydrogen-bond acceptors (Lipinski definition) is 3. The Balaban J connectivity index is 1.80. The molecule has 20 heavy (non-hydrogen) atoms. The summed E-state index contributed by atoms with van der Waals surface area (Å²) in [6, 6.07) is 4.55. The quantitative estimate of drug-likeness (QED) is 0.805. The van der Waals surface area contributed by atoms with Crippen LogP contribution in [0.25, 0.3) is 0 Å². The molecule has 0 amide bonds. The molecule has 0 saturated heterocycles. The van der Waals surface area contributed by atoms with Gasteiger partial charge in [-0.15, -0.1) is 0 Å². The van der Waals surface area contributed by atoms with Gasteiger partial charge in [-0.25, -0.2) is 4.98 Å². The van der Waals surface area contributed by atoms with Gasteiger partial charge in [0.15, 0.2) is 0 Å². The van der Waals surface area contributed by atoms with Crippen molar-refractivity contribution in [2.24, 2.45) is 11.8 Å². The molecule has 0 bridgehead atoms. The second-order valence-corrected chi connectivity index (χ2v) is 6.03. The molecule has 2 rings (SSSR count). The Morgan fingerprint density at radius 1 is 1.30 bits per heavy atom. The third kappa shape index (κ3) is 4.64. The molecule has 0 spiro atoms. The topological polar surface area (TPSA) is 34.1 Å². The zero-order valence-corrected chi connectivity index (χ0v) is 12.8. The molecule has 2 atom stereocenters. The van der Waals surface area contributed by atoms with E-state index in [4.69, 9.17) is 4.74 Å². The number of nitrogens with zero attached hydrogens (tertiary/aromatic N) is 1. The van der Waals surface area contributed by atoms with Crippen LogP contribution in [-0.4, -0.2) is 17.6 Å².